The monoisotopic (exact) mass is 363 g/mol. The number of nitrogens with one attached hydrogen (secondary N) is 1. The van der Waals surface area contributed by atoms with E-state index in [4.69, 9.17) is 4.55 Å². The van der Waals surface area contributed by atoms with Crippen molar-refractivity contribution >= 4 is 32.7 Å². The average molecular weight is 363 g/mol. The number of rotatable bonds is 5. The molecule has 5 nitrogen and oxygen atoms in total. The molecule has 7 heteroatoms. The highest BCUT2D eigenvalue weighted by Gasteiger charge is 2.28. The summed E-state index contributed by atoms with van der Waals surface area (Å²) in [6.07, 6.45) is 4.69. The Morgan fingerprint density at radius 2 is 1.88 bits per heavy atom. The molecule has 0 spiro atoms. The zero-order valence-electron chi connectivity index (χ0n) is 8.97. The first kappa shape index (κ1) is 14.6. The molecule has 2 unspecified atom stereocenters. The van der Waals surface area contributed by atoms with Crippen LogP contribution in [0.15, 0.2) is 0 Å². The normalized spacial score (nSPS) is 22.9. The fraction of sp³-hybridized carbons (Fsp3) is 1.00. The molecule has 0 radical (unpaired) electrons. The van der Waals surface area contributed by atoms with Crippen molar-refractivity contribution in [1.82, 2.24) is 5.32 Å². The lowest BCUT2D eigenvalue weighted by molar-refractivity contribution is 0.177. The van der Waals surface area contributed by atoms with Gasteiger partial charge in [-0.15, -0.1) is 0 Å². The summed E-state index contributed by atoms with van der Waals surface area (Å²) in [5.74, 6) is 0. The summed E-state index contributed by atoms with van der Waals surface area (Å²) < 4.78 is 29.2. The van der Waals surface area contributed by atoms with Crippen molar-refractivity contribution in [3.63, 3.8) is 0 Å². The number of alkyl halides is 1. The van der Waals surface area contributed by atoms with Gasteiger partial charge in [0.2, 0.25) is 0 Å². The Morgan fingerprint density at radius 1 is 1.31 bits per heavy atom. The first-order valence-corrected chi connectivity index (χ1v) is 8.18. The van der Waals surface area contributed by atoms with Gasteiger partial charge in [0.1, 0.15) is 0 Å². The van der Waals surface area contributed by atoms with Gasteiger partial charge < -0.3 is 10.4 Å². The second-order valence-corrected chi connectivity index (χ2v) is 7.90. The molecule has 0 heterocycles. The lowest BCUT2D eigenvalue weighted by atomic mass is 9.95. The predicted molar refractivity (Wildman–Crippen MR) is 70.2 cm³/mol. The fourth-order valence-electron chi connectivity index (χ4n) is 1.89. The van der Waals surface area contributed by atoms with Gasteiger partial charge in [-0.25, -0.2) is 0 Å². The highest BCUT2D eigenvalue weighted by molar-refractivity contribution is 14.1. The van der Waals surface area contributed by atoms with Crippen LogP contribution in [0.4, 0.5) is 0 Å². The summed E-state index contributed by atoms with van der Waals surface area (Å²) in [5, 5.41) is 12.7. The fourth-order valence-corrected chi connectivity index (χ4v) is 2.63. The van der Waals surface area contributed by atoms with E-state index in [2.05, 4.69) is 5.32 Å². The third-order valence-corrected chi connectivity index (χ3v) is 6.45. The van der Waals surface area contributed by atoms with Crippen molar-refractivity contribution in [1.29, 1.82) is 0 Å². The van der Waals surface area contributed by atoms with Gasteiger partial charge in [-0.3, -0.25) is 4.55 Å². The summed E-state index contributed by atoms with van der Waals surface area (Å²) in [4.78, 5) is 0. The topological polar surface area (TPSA) is 86.6 Å². The van der Waals surface area contributed by atoms with Gasteiger partial charge in [-0.2, -0.15) is 8.42 Å². The van der Waals surface area contributed by atoms with Crippen LogP contribution in [0, 0.1) is 0 Å². The Balaban J connectivity index is 2.31. The van der Waals surface area contributed by atoms with E-state index in [9.17, 15) is 13.5 Å². The first-order chi connectivity index (χ1) is 7.41. The van der Waals surface area contributed by atoms with Crippen LogP contribution < -0.4 is 5.32 Å². The molecule has 1 rings (SSSR count). The maximum Gasteiger partial charge on any atom is 0.279 e. The van der Waals surface area contributed by atoms with Gasteiger partial charge in [0.15, 0.2) is 3.26 Å². The molecule has 16 heavy (non-hydrogen) atoms. The largest absolute Gasteiger partial charge is 0.390 e. The van der Waals surface area contributed by atoms with Crippen molar-refractivity contribution in [2.45, 2.75) is 47.5 Å². The molecule has 0 aromatic carbocycles. The molecule has 0 aromatic heterocycles. The molecule has 1 fully saturated rings. The molecule has 1 aliphatic rings. The zero-order chi connectivity index (χ0) is 12.2. The second kappa shape index (κ2) is 6.48. The second-order valence-electron chi connectivity index (χ2n) is 4.18. The summed E-state index contributed by atoms with van der Waals surface area (Å²) in [5.41, 5.74) is 0. The van der Waals surface area contributed by atoms with Crippen LogP contribution >= 0.6 is 22.6 Å². The van der Waals surface area contributed by atoms with Crippen LogP contribution in [-0.2, 0) is 10.1 Å². The van der Waals surface area contributed by atoms with Crippen molar-refractivity contribution in [2.75, 3.05) is 6.54 Å². The lowest BCUT2D eigenvalue weighted by Gasteiger charge is -2.25. The Hall–Kier alpha value is 0.560. The maximum absolute atomic E-state index is 10.8. The molecule has 1 aliphatic carbocycles. The van der Waals surface area contributed by atoms with Crippen molar-refractivity contribution in [2.24, 2.45) is 0 Å². The minimum absolute atomic E-state index is 0.206. The third kappa shape index (κ3) is 4.82. The number of hydrogen-bond donors (Lipinski definition) is 3. The number of halogens is 1. The molecule has 3 N–H and O–H groups in total. The van der Waals surface area contributed by atoms with E-state index in [0.29, 0.717) is 6.04 Å². The third-order valence-electron chi connectivity index (χ3n) is 2.81. The van der Waals surface area contributed by atoms with Crippen LogP contribution in [0.3, 0.4) is 0 Å². The van der Waals surface area contributed by atoms with E-state index in [1.54, 1.807) is 22.6 Å². The van der Waals surface area contributed by atoms with Gasteiger partial charge in [0.05, 0.1) is 6.10 Å². The van der Waals surface area contributed by atoms with E-state index in [0.717, 1.165) is 12.8 Å². The quantitative estimate of drug-likeness (QED) is 0.384. The van der Waals surface area contributed by atoms with Crippen molar-refractivity contribution < 1.29 is 18.1 Å². The molecule has 0 aromatic rings. The predicted octanol–water partition coefficient (Wildman–Crippen LogP) is 0.918. The zero-order valence-corrected chi connectivity index (χ0v) is 11.9. The van der Waals surface area contributed by atoms with Crippen LogP contribution in [-0.4, -0.2) is 40.0 Å². The maximum atomic E-state index is 10.8. The van der Waals surface area contributed by atoms with E-state index in [1.165, 1.54) is 19.3 Å². The van der Waals surface area contributed by atoms with E-state index < -0.39 is 19.5 Å². The average Bonchev–Trinajstić information content (AvgIpc) is 2.25. The molecule has 96 valence electrons. The first-order valence-electron chi connectivity index (χ1n) is 5.43. The lowest BCUT2D eigenvalue weighted by Crippen LogP contribution is -2.42. The summed E-state index contributed by atoms with van der Waals surface area (Å²) in [6, 6.07) is 0.369. The van der Waals surface area contributed by atoms with E-state index >= 15 is 0 Å². The number of aliphatic hydroxyl groups is 1. The molecule has 0 saturated heterocycles. The van der Waals surface area contributed by atoms with Crippen LogP contribution in [0.2, 0.25) is 0 Å². The summed E-state index contributed by atoms with van der Waals surface area (Å²) in [6.45, 7) is 0.206. The van der Waals surface area contributed by atoms with Gasteiger partial charge in [0.25, 0.3) is 10.1 Å². The molecular weight excluding hydrogens is 345 g/mol. The smallest absolute Gasteiger partial charge is 0.279 e. The van der Waals surface area contributed by atoms with Crippen LogP contribution in [0.25, 0.3) is 0 Å². The molecule has 0 bridgehead atoms. The Labute approximate surface area is 110 Å². The highest BCUT2D eigenvalue weighted by atomic mass is 127. The molecule has 2 atom stereocenters. The molecule has 0 amide bonds. The van der Waals surface area contributed by atoms with E-state index in [-0.39, 0.29) is 6.54 Å². The van der Waals surface area contributed by atoms with Gasteiger partial charge >= 0.3 is 0 Å². The van der Waals surface area contributed by atoms with Gasteiger partial charge in [-0.1, -0.05) is 41.9 Å². The minimum Gasteiger partial charge on any atom is -0.390 e. The minimum atomic E-state index is -4.16. The van der Waals surface area contributed by atoms with Gasteiger partial charge in [0, 0.05) is 12.6 Å². The Morgan fingerprint density at radius 3 is 2.38 bits per heavy atom. The summed E-state index contributed by atoms with van der Waals surface area (Å²) >= 11 is 1.54. The molecular formula is C9H18INO4S. The summed E-state index contributed by atoms with van der Waals surface area (Å²) in [7, 11) is -4.16. The van der Waals surface area contributed by atoms with Gasteiger partial charge in [-0.05, 0) is 12.8 Å². The highest BCUT2D eigenvalue weighted by Crippen LogP contribution is 2.18. The number of aliphatic hydroxyl groups excluding tert-OH is 1. The van der Waals surface area contributed by atoms with Crippen LogP contribution in [0.5, 0.6) is 0 Å². The number of hydrogen-bond acceptors (Lipinski definition) is 4. The SMILES string of the molecule is O=S(=O)(O)C(I)C(O)CNC1CCCCC1. The molecule has 1 saturated carbocycles. The standard InChI is InChI=1S/C9H18INO4S/c10-9(16(13,14)15)8(12)6-11-7-4-2-1-3-5-7/h7-9,11-12H,1-6H2,(H,13,14,15). The Kier molecular flexibility index (Phi) is 5.92. The van der Waals surface area contributed by atoms with Crippen molar-refractivity contribution in [3.05, 3.63) is 0 Å². The Bertz CT molecular complexity index is 303. The van der Waals surface area contributed by atoms with Crippen molar-refractivity contribution in [3.8, 4) is 0 Å². The molecule has 0 aliphatic heterocycles. The van der Waals surface area contributed by atoms with E-state index in [1.807, 2.05) is 0 Å². The van der Waals surface area contributed by atoms with Crippen LogP contribution in [0.1, 0.15) is 32.1 Å².